The Labute approximate surface area is 110 Å². The molecule has 2 unspecified atom stereocenters. The molecule has 2 atom stereocenters. The highest BCUT2D eigenvalue weighted by molar-refractivity contribution is 4.97. The first kappa shape index (κ1) is 15.9. The van der Waals surface area contributed by atoms with Crippen LogP contribution in [0, 0.1) is 0 Å². The van der Waals surface area contributed by atoms with Gasteiger partial charge in [0, 0.05) is 17.6 Å². The van der Waals surface area contributed by atoms with E-state index in [1.807, 2.05) is 34.6 Å². The molecule has 1 aliphatic heterocycles. The zero-order chi connectivity index (χ0) is 14.1. The molecule has 4 N–H and O–H groups in total. The lowest BCUT2D eigenvalue weighted by atomic mass is 9.80. The molecule has 0 bridgehead atoms. The quantitative estimate of drug-likeness (QED) is 0.706. The second-order valence-electron chi connectivity index (χ2n) is 6.61. The molecule has 0 aromatic carbocycles. The van der Waals surface area contributed by atoms with Crippen LogP contribution in [0.2, 0.25) is 0 Å². The van der Waals surface area contributed by atoms with E-state index in [2.05, 4.69) is 0 Å². The molecule has 0 spiro atoms. The Kier molecular flexibility index (Phi) is 4.78. The average Bonchev–Trinajstić information content (AvgIpc) is 2.23. The van der Waals surface area contributed by atoms with Gasteiger partial charge in [0.15, 0.2) is 0 Å². The van der Waals surface area contributed by atoms with E-state index in [1.54, 1.807) is 0 Å². The number of rotatable bonds is 4. The van der Waals surface area contributed by atoms with Crippen molar-refractivity contribution in [2.24, 2.45) is 5.73 Å². The fraction of sp³-hybridized carbons (Fsp3) is 1.00. The van der Waals surface area contributed by atoms with Crippen molar-refractivity contribution < 1.29 is 15.1 Å². The summed E-state index contributed by atoms with van der Waals surface area (Å²) >= 11 is 0. The van der Waals surface area contributed by atoms with Crippen LogP contribution in [0.5, 0.6) is 0 Å². The molecular weight excluding hydrogens is 232 g/mol. The molecule has 1 rings (SSSR count). The molecule has 0 aliphatic carbocycles. The van der Waals surface area contributed by atoms with Crippen molar-refractivity contribution in [1.82, 2.24) is 5.06 Å². The smallest absolute Gasteiger partial charge is 0.0921 e. The van der Waals surface area contributed by atoms with E-state index in [4.69, 9.17) is 10.5 Å². The number of ether oxygens (including phenoxy) is 1. The highest BCUT2D eigenvalue weighted by atomic mass is 16.5. The van der Waals surface area contributed by atoms with Gasteiger partial charge in [-0.05, 0) is 47.5 Å². The normalized spacial score (nSPS) is 28.0. The van der Waals surface area contributed by atoms with E-state index in [9.17, 15) is 10.3 Å². The van der Waals surface area contributed by atoms with Crippen LogP contribution >= 0.6 is 0 Å². The first-order chi connectivity index (χ1) is 8.10. The summed E-state index contributed by atoms with van der Waals surface area (Å²) in [5.41, 5.74) is 4.76. The standard InChI is InChI=1S/C13H28N2O3/c1-9(11(16)8-14)18-10-6-12(2,3)15(17)13(4,5)7-10/h9-11,16-17H,6-8,14H2,1-5H3. The van der Waals surface area contributed by atoms with Crippen LogP contribution in [-0.4, -0.2) is 51.3 Å². The highest BCUT2D eigenvalue weighted by Gasteiger charge is 2.45. The number of nitrogens with two attached hydrogens (primary N) is 1. The topological polar surface area (TPSA) is 79.0 Å². The number of piperidine rings is 1. The van der Waals surface area contributed by atoms with Gasteiger partial charge in [0.2, 0.25) is 0 Å². The van der Waals surface area contributed by atoms with Gasteiger partial charge in [0.25, 0.3) is 0 Å². The van der Waals surface area contributed by atoms with E-state index in [0.717, 1.165) is 12.8 Å². The average molecular weight is 260 g/mol. The molecule has 0 amide bonds. The third kappa shape index (κ3) is 3.42. The van der Waals surface area contributed by atoms with Crippen LogP contribution in [0.4, 0.5) is 0 Å². The van der Waals surface area contributed by atoms with Crippen molar-refractivity contribution in [3.63, 3.8) is 0 Å². The molecule has 1 heterocycles. The fourth-order valence-electron chi connectivity index (χ4n) is 2.86. The van der Waals surface area contributed by atoms with Crippen molar-refractivity contribution in [3.8, 4) is 0 Å². The minimum absolute atomic E-state index is 0.0228. The lowest BCUT2D eigenvalue weighted by molar-refractivity contribution is -0.266. The van der Waals surface area contributed by atoms with E-state index in [0.29, 0.717) is 0 Å². The maximum absolute atomic E-state index is 10.2. The summed E-state index contributed by atoms with van der Waals surface area (Å²) in [5, 5.41) is 21.3. The van der Waals surface area contributed by atoms with Gasteiger partial charge >= 0.3 is 0 Å². The molecule has 1 saturated heterocycles. The Morgan fingerprint density at radius 3 is 2.11 bits per heavy atom. The Hall–Kier alpha value is -0.200. The molecule has 5 heteroatoms. The molecule has 0 aromatic rings. The zero-order valence-electron chi connectivity index (χ0n) is 12.2. The number of hydroxylamine groups is 2. The van der Waals surface area contributed by atoms with E-state index in [-0.39, 0.29) is 29.8 Å². The van der Waals surface area contributed by atoms with Crippen LogP contribution < -0.4 is 5.73 Å². The van der Waals surface area contributed by atoms with Crippen molar-refractivity contribution in [2.45, 2.75) is 76.9 Å². The molecule has 0 radical (unpaired) electrons. The molecule has 108 valence electrons. The molecule has 1 aliphatic rings. The first-order valence-electron chi connectivity index (χ1n) is 6.63. The van der Waals surface area contributed by atoms with E-state index >= 15 is 0 Å². The maximum Gasteiger partial charge on any atom is 0.0921 e. The van der Waals surface area contributed by atoms with Gasteiger partial charge in [0.1, 0.15) is 0 Å². The van der Waals surface area contributed by atoms with Gasteiger partial charge in [-0.1, -0.05) is 0 Å². The predicted molar refractivity (Wildman–Crippen MR) is 70.4 cm³/mol. The summed E-state index contributed by atoms with van der Waals surface area (Å²) < 4.78 is 5.90. The van der Waals surface area contributed by atoms with Gasteiger partial charge in [-0.3, -0.25) is 0 Å². The Morgan fingerprint density at radius 2 is 1.72 bits per heavy atom. The van der Waals surface area contributed by atoms with Crippen LogP contribution in [0.3, 0.4) is 0 Å². The van der Waals surface area contributed by atoms with Crippen molar-refractivity contribution >= 4 is 0 Å². The minimum Gasteiger partial charge on any atom is -0.389 e. The number of aliphatic hydroxyl groups is 1. The second kappa shape index (κ2) is 5.43. The number of nitrogens with zero attached hydrogens (tertiary/aromatic N) is 1. The lowest BCUT2D eigenvalue weighted by Gasteiger charge is -2.51. The largest absolute Gasteiger partial charge is 0.389 e. The fourth-order valence-corrected chi connectivity index (χ4v) is 2.86. The monoisotopic (exact) mass is 260 g/mol. The van der Waals surface area contributed by atoms with Gasteiger partial charge in [-0.2, -0.15) is 5.06 Å². The molecule has 1 fully saturated rings. The predicted octanol–water partition coefficient (Wildman–Crippen LogP) is 1.12. The third-order valence-electron chi connectivity index (χ3n) is 3.79. The van der Waals surface area contributed by atoms with E-state index < -0.39 is 6.10 Å². The molecular formula is C13H28N2O3. The van der Waals surface area contributed by atoms with E-state index in [1.165, 1.54) is 5.06 Å². The molecule has 5 nitrogen and oxygen atoms in total. The summed E-state index contributed by atoms with van der Waals surface area (Å²) in [4.78, 5) is 0. The van der Waals surface area contributed by atoms with Gasteiger partial charge in [0.05, 0.1) is 18.3 Å². The van der Waals surface area contributed by atoms with Crippen LogP contribution in [0.25, 0.3) is 0 Å². The highest BCUT2D eigenvalue weighted by Crippen LogP contribution is 2.38. The van der Waals surface area contributed by atoms with Crippen molar-refractivity contribution in [1.29, 1.82) is 0 Å². The first-order valence-corrected chi connectivity index (χ1v) is 6.63. The number of aliphatic hydroxyl groups excluding tert-OH is 1. The maximum atomic E-state index is 10.2. The van der Waals surface area contributed by atoms with Crippen molar-refractivity contribution in [3.05, 3.63) is 0 Å². The zero-order valence-corrected chi connectivity index (χ0v) is 12.2. The Bertz CT molecular complexity index is 263. The summed E-state index contributed by atoms with van der Waals surface area (Å²) in [5.74, 6) is 0. The summed E-state index contributed by atoms with van der Waals surface area (Å²) in [6.07, 6.45) is 0.568. The van der Waals surface area contributed by atoms with Gasteiger partial charge in [-0.25, -0.2) is 0 Å². The number of hydrogen-bond acceptors (Lipinski definition) is 5. The molecule has 0 aromatic heterocycles. The summed E-state index contributed by atoms with van der Waals surface area (Å²) in [7, 11) is 0. The Balaban J connectivity index is 2.69. The van der Waals surface area contributed by atoms with Crippen molar-refractivity contribution in [2.75, 3.05) is 6.54 Å². The van der Waals surface area contributed by atoms with Crippen LogP contribution in [-0.2, 0) is 4.74 Å². The molecule has 18 heavy (non-hydrogen) atoms. The van der Waals surface area contributed by atoms with Crippen LogP contribution in [0.1, 0.15) is 47.5 Å². The summed E-state index contributed by atoms with van der Waals surface area (Å²) in [6.45, 7) is 10.0. The Morgan fingerprint density at radius 1 is 1.28 bits per heavy atom. The minimum atomic E-state index is -0.636. The van der Waals surface area contributed by atoms with Crippen LogP contribution in [0.15, 0.2) is 0 Å². The second-order valence-corrected chi connectivity index (χ2v) is 6.61. The summed E-state index contributed by atoms with van der Waals surface area (Å²) in [6, 6.07) is 0. The van der Waals surface area contributed by atoms with Gasteiger partial charge in [-0.15, -0.1) is 0 Å². The van der Waals surface area contributed by atoms with Gasteiger partial charge < -0.3 is 20.8 Å². The molecule has 0 saturated carbocycles. The lowest BCUT2D eigenvalue weighted by Crippen LogP contribution is -2.61. The third-order valence-corrected chi connectivity index (χ3v) is 3.79. The SMILES string of the molecule is CC(OC1CC(C)(C)N(O)C(C)(C)C1)C(O)CN. The number of hydrogen-bond donors (Lipinski definition) is 3.